The van der Waals surface area contributed by atoms with Crippen LogP contribution in [0.3, 0.4) is 0 Å². The van der Waals surface area contributed by atoms with Gasteiger partial charge in [-0.05, 0) is 47.7 Å². The fourth-order valence-electron chi connectivity index (χ4n) is 2.86. The van der Waals surface area contributed by atoms with Crippen LogP contribution in [0.2, 0.25) is 0 Å². The van der Waals surface area contributed by atoms with Crippen LogP contribution in [0.15, 0.2) is 39.7 Å². The van der Waals surface area contributed by atoms with E-state index in [4.69, 9.17) is 4.84 Å². The Balaban J connectivity index is 0.000000456. The fourth-order valence-corrected chi connectivity index (χ4v) is 3.35. The Kier molecular flexibility index (Phi) is 9.55. The molecule has 0 amide bonds. The first kappa shape index (κ1) is 24.9. The number of pyridine rings is 2. The van der Waals surface area contributed by atoms with Gasteiger partial charge in [-0.15, -0.1) is 12.4 Å². The molecule has 0 bridgehead atoms. The third-order valence-corrected chi connectivity index (χ3v) is 5.08. The molecule has 158 valence electrons. The van der Waals surface area contributed by atoms with Crippen molar-refractivity contribution in [1.82, 2.24) is 14.6 Å². The lowest BCUT2D eigenvalue weighted by atomic mass is 10.1. The summed E-state index contributed by atoms with van der Waals surface area (Å²) in [5.74, 6) is -1.06. The Morgan fingerprint density at radius 3 is 2.31 bits per heavy atom. The van der Waals surface area contributed by atoms with E-state index in [1.54, 1.807) is 18.2 Å². The monoisotopic (exact) mass is 485 g/mol. The van der Waals surface area contributed by atoms with E-state index in [2.05, 4.69) is 46.6 Å². The number of para-hydroxylation sites is 1. The lowest BCUT2D eigenvalue weighted by Gasteiger charge is -2.13. The van der Waals surface area contributed by atoms with E-state index in [9.17, 15) is 14.7 Å². The highest BCUT2D eigenvalue weighted by Crippen LogP contribution is 2.25. The number of halogens is 2. The van der Waals surface area contributed by atoms with Gasteiger partial charge in [0.15, 0.2) is 0 Å². The van der Waals surface area contributed by atoms with Gasteiger partial charge in [-0.3, -0.25) is 4.79 Å². The minimum atomic E-state index is -1.06. The molecule has 29 heavy (non-hydrogen) atoms. The average molecular weight is 487 g/mol. The van der Waals surface area contributed by atoms with Crippen LogP contribution < -0.4 is 10.4 Å². The highest BCUT2D eigenvalue weighted by atomic mass is 79.9. The van der Waals surface area contributed by atoms with Gasteiger partial charge in [-0.2, -0.15) is 4.73 Å². The highest BCUT2D eigenvalue weighted by molar-refractivity contribution is 9.10. The second kappa shape index (κ2) is 11.1. The van der Waals surface area contributed by atoms with Crippen molar-refractivity contribution in [3.05, 3.63) is 50.9 Å². The number of benzene rings is 1. The molecule has 0 spiro atoms. The molecule has 1 N–H and O–H groups in total. The predicted molar refractivity (Wildman–Crippen MR) is 121 cm³/mol. The molecule has 1 aromatic carbocycles. The molecule has 7 nitrogen and oxygen atoms in total. The van der Waals surface area contributed by atoms with Crippen LogP contribution in [-0.4, -0.2) is 52.4 Å². The van der Waals surface area contributed by atoms with Gasteiger partial charge < -0.3 is 14.8 Å². The van der Waals surface area contributed by atoms with Gasteiger partial charge in [-0.25, -0.2) is 9.78 Å². The van der Waals surface area contributed by atoms with Gasteiger partial charge in [0.05, 0.1) is 32.7 Å². The molecule has 0 saturated carbocycles. The molecule has 0 radical (unpaired) electrons. The number of hydrogen-bond donors (Lipinski definition) is 1. The number of fused-ring (bicyclic) bond motifs is 2. The van der Waals surface area contributed by atoms with Crippen molar-refractivity contribution < 1.29 is 14.7 Å². The van der Waals surface area contributed by atoms with Crippen LogP contribution in [0.25, 0.3) is 21.8 Å². The average Bonchev–Trinajstić information content (AvgIpc) is 2.70. The first-order valence-corrected chi connectivity index (χ1v) is 9.81. The van der Waals surface area contributed by atoms with Crippen LogP contribution in [0.5, 0.6) is 0 Å². The molecule has 0 aliphatic heterocycles. The van der Waals surface area contributed by atoms with Crippen molar-refractivity contribution in [2.75, 3.05) is 26.7 Å². The van der Waals surface area contributed by atoms with Crippen LogP contribution in [0.1, 0.15) is 31.1 Å². The highest BCUT2D eigenvalue weighted by Gasteiger charge is 2.14. The normalized spacial score (nSPS) is 10.4. The largest absolute Gasteiger partial charge is 0.478 e. The summed E-state index contributed by atoms with van der Waals surface area (Å²) in [6, 6.07) is 6.43. The number of rotatable bonds is 5. The van der Waals surface area contributed by atoms with Crippen molar-refractivity contribution in [2.45, 2.75) is 20.8 Å². The fraction of sp³-hybridized carbons (Fsp3) is 0.350. The third kappa shape index (κ3) is 5.46. The summed E-state index contributed by atoms with van der Waals surface area (Å²) in [4.78, 5) is 35.2. The minimum Gasteiger partial charge on any atom is -0.478 e. The van der Waals surface area contributed by atoms with Gasteiger partial charge in [0, 0.05) is 5.39 Å². The summed E-state index contributed by atoms with van der Waals surface area (Å²) < 4.78 is 1.63. The molecule has 0 atom stereocenters. The van der Waals surface area contributed by atoms with Crippen molar-refractivity contribution in [1.29, 1.82) is 0 Å². The molecular weight excluding hydrogens is 462 g/mol. The SMILES string of the molecule is CCN(CC)CC.COn1cc(Br)c2nc3c(C(=O)O)cccc3cc2c1=O.Cl. The summed E-state index contributed by atoms with van der Waals surface area (Å²) >= 11 is 3.32. The van der Waals surface area contributed by atoms with Crippen molar-refractivity contribution in [2.24, 2.45) is 0 Å². The zero-order chi connectivity index (χ0) is 20.8. The summed E-state index contributed by atoms with van der Waals surface area (Å²) in [6.07, 6.45) is 1.45. The summed E-state index contributed by atoms with van der Waals surface area (Å²) in [5.41, 5.74) is 0.477. The van der Waals surface area contributed by atoms with Crippen LogP contribution in [0, 0.1) is 0 Å². The number of aromatic nitrogens is 2. The van der Waals surface area contributed by atoms with E-state index >= 15 is 0 Å². The number of carboxylic acids is 1. The minimum absolute atomic E-state index is 0. The standard InChI is InChI=1S/C14H9BrN2O4.C6H15N.ClH/c1-21-17-6-10(15)12-9(13(17)18)5-7-3-2-4-8(14(19)20)11(7)16-12;1-4-7(5-2)6-3;/h2-6H,1H3,(H,19,20);4-6H2,1-3H3;1H. The maximum absolute atomic E-state index is 12.2. The van der Waals surface area contributed by atoms with E-state index < -0.39 is 5.97 Å². The molecule has 0 saturated heterocycles. The van der Waals surface area contributed by atoms with E-state index in [1.165, 1.54) is 39.0 Å². The Morgan fingerprint density at radius 2 is 1.83 bits per heavy atom. The smallest absolute Gasteiger partial charge is 0.337 e. The second-order valence-corrected chi connectivity index (χ2v) is 6.83. The van der Waals surface area contributed by atoms with E-state index in [0.29, 0.717) is 26.3 Å². The van der Waals surface area contributed by atoms with Crippen LogP contribution in [-0.2, 0) is 0 Å². The number of carboxylic acid groups (broad SMARTS) is 1. The molecule has 0 aliphatic carbocycles. The van der Waals surface area contributed by atoms with Gasteiger partial charge in [0.2, 0.25) is 0 Å². The van der Waals surface area contributed by atoms with Crippen molar-refractivity contribution in [3.63, 3.8) is 0 Å². The molecule has 2 aromatic heterocycles. The molecule has 2 heterocycles. The Bertz CT molecular complexity index is 1050. The third-order valence-electron chi connectivity index (χ3n) is 4.50. The molecule has 3 aromatic rings. The summed E-state index contributed by atoms with van der Waals surface area (Å²) in [5, 5.41) is 10.2. The van der Waals surface area contributed by atoms with Gasteiger partial charge >= 0.3 is 5.97 Å². The van der Waals surface area contributed by atoms with Gasteiger partial charge in [0.25, 0.3) is 5.56 Å². The maximum Gasteiger partial charge on any atom is 0.337 e. The van der Waals surface area contributed by atoms with Crippen LogP contribution in [0.4, 0.5) is 0 Å². The zero-order valence-electron chi connectivity index (χ0n) is 16.8. The first-order valence-electron chi connectivity index (χ1n) is 9.02. The Hall–Kier alpha value is -2.16. The topological polar surface area (TPSA) is 84.7 Å². The molecule has 9 heteroatoms. The maximum atomic E-state index is 12.2. The Labute approximate surface area is 183 Å². The number of aromatic carboxylic acids is 1. The molecule has 0 aliphatic rings. The number of nitrogens with zero attached hydrogens (tertiary/aromatic N) is 3. The zero-order valence-corrected chi connectivity index (χ0v) is 19.2. The van der Waals surface area contributed by atoms with Crippen molar-refractivity contribution in [3.8, 4) is 0 Å². The number of hydrogen-bond acceptors (Lipinski definition) is 5. The molecule has 3 rings (SSSR count). The lowest BCUT2D eigenvalue weighted by Crippen LogP contribution is -2.24. The van der Waals surface area contributed by atoms with E-state index in [0.717, 1.165) is 4.73 Å². The number of carbonyl (C=O) groups is 1. The van der Waals surface area contributed by atoms with E-state index in [1.807, 2.05) is 0 Å². The van der Waals surface area contributed by atoms with Crippen molar-refractivity contribution >= 4 is 56.1 Å². The van der Waals surface area contributed by atoms with Gasteiger partial charge in [0.1, 0.15) is 7.11 Å². The lowest BCUT2D eigenvalue weighted by molar-refractivity contribution is 0.0699. The molecule has 0 unspecified atom stereocenters. The Morgan fingerprint density at radius 1 is 1.21 bits per heavy atom. The summed E-state index contributed by atoms with van der Waals surface area (Å²) in [6.45, 7) is 10.1. The first-order chi connectivity index (χ1) is 13.4. The van der Waals surface area contributed by atoms with Crippen LogP contribution >= 0.6 is 28.3 Å². The predicted octanol–water partition coefficient (Wildman–Crippen LogP) is 3.84. The van der Waals surface area contributed by atoms with Gasteiger partial charge in [-0.1, -0.05) is 32.9 Å². The van der Waals surface area contributed by atoms with E-state index in [-0.39, 0.29) is 23.5 Å². The second-order valence-electron chi connectivity index (χ2n) is 5.98. The molecule has 0 fully saturated rings. The molecular formula is C20H25BrClN3O4. The quantitative estimate of drug-likeness (QED) is 0.552. The summed E-state index contributed by atoms with van der Waals surface area (Å²) in [7, 11) is 1.39.